The number of benzene rings is 2. The quantitative estimate of drug-likeness (QED) is 0.390. The van der Waals surface area contributed by atoms with Crippen LogP contribution >= 0.6 is 0 Å². The van der Waals surface area contributed by atoms with E-state index in [1.54, 1.807) is 0 Å². The van der Waals surface area contributed by atoms with Gasteiger partial charge in [-0.25, -0.2) is 4.39 Å². The molecule has 2 aromatic carbocycles. The second-order valence-corrected chi connectivity index (χ2v) is 5.63. The molecule has 0 fully saturated rings. The molecule has 7 nitrogen and oxygen atoms in total. The van der Waals surface area contributed by atoms with Crippen molar-refractivity contribution in [3.63, 3.8) is 0 Å². The van der Waals surface area contributed by atoms with E-state index < -0.39 is 28.1 Å². The van der Waals surface area contributed by atoms with Crippen LogP contribution in [0, 0.1) is 5.82 Å². The highest BCUT2D eigenvalue weighted by Gasteiger charge is 2.23. The number of hydrogen-bond donors (Lipinski definition) is 3. The molecule has 24 heavy (non-hydrogen) atoms. The van der Waals surface area contributed by atoms with Crippen LogP contribution in [0.1, 0.15) is 0 Å². The van der Waals surface area contributed by atoms with Crippen LogP contribution in [0.2, 0.25) is 0 Å². The molecule has 0 spiro atoms. The second-order valence-electron chi connectivity index (χ2n) is 5.63. The molecule has 0 unspecified atom stereocenters. The first-order chi connectivity index (χ1) is 11.5. The predicted octanol–water partition coefficient (Wildman–Crippen LogP) is 0.739. The van der Waals surface area contributed by atoms with Gasteiger partial charge in [-0.3, -0.25) is 29.1 Å². The van der Waals surface area contributed by atoms with E-state index in [0.717, 1.165) is 0 Å². The van der Waals surface area contributed by atoms with E-state index in [1.165, 1.54) is 18.2 Å². The van der Waals surface area contributed by atoms with Gasteiger partial charge in [0, 0.05) is 16.3 Å². The van der Waals surface area contributed by atoms with Gasteiger partial charge in [-0.15, -0.1) is 0 Å². The molecule has 0 radical (unpaired) electrons. The van der Waals surface area contributed by atoms with Crippen LogP contribution in [-0.2, 0) is 0 Å². The Morgan fingerprint density at radius 1 is 0.667 bits per heavy atom. The van der Waals surface area contributed by atoms with Gasteiger partial charge in [-0.1, -0.05) is 0 Å². The average Bonchev–Trinajstić information content (AvgIpc) is 3.12. The Balaban J connectivity index is 2.37. The number of nitrogens with one attached hydrogen (secondary N) is 3. The van der Waals surface area contributed by atoms with Gasteiger partial charge in [0.1, 0.15) is 5.82 Å². The van der Waals surface area contributed by atoms with Crippen LogP contribution in [0.3, 0.4) is 0 Å². The minimum atomic E-state index is -0.747. The van der Waals surface area contributed by atoms with E-state index in [-0.39, 0.29) is 32.4 Å². The maximum absolute atomic E-state index is 13.7. The summed E-state index contributed by atoms with van der Waals surface area (Å²) in [5, 5.41) is 0.326. The zero-order valence-electron chi connectivity index (χ0n) is 11.7. The maximum atomic E-state index is 13.7. The van der Waals surface area contributed by atoms with Crippen molar-refractivity contribution in [1.29, 1.82) is 0 Å². The lowest BCUT2D eigenvalue weighted by atomic mass is 10.0. The normalized spacial score (nSPS) is 12.2. The van der Waals surface area contributed by atoms with Gasteiger partial charge >= 0.3 is 0 Å². The van der Waals surface area contributed by atoms with Crippen molar-refractivity contribution < 1.29 is 4.39 Å². The van der Waals surface area contributed by atoms with Gasteiger partial charge in [-0.05, 0) is 18.2 Å². The van der Waals surface area contributed by atoms with E-state index in [1.807, 2.05) is 0 Å². The van der Waals surface area contributed by atoms with Crippen molar-refractivity contribution in [2.24, 2.45) is 0 Å². The number of H-pyrrole nitrogens is 3. The average molecular weight is 323 g/mol. The van der Waals surface area contributed by atoms with Gasteiger partial charge in [0.05, 0.1) is 27.1 Å². The second kappa shape index (κ2) is 3.85. The molecule has 0 aliphatic heterocycles. The minimum absolute atomic E-state index is 0.00444. The van der Waals surface area contributed by atoms with Gasteiger partial charge in [0.2, 0.25) is 0 Å². The summed E-state index contributed by atoms with van der Waals surface area (Å²) in [4.78, 5) is 55.9. The number of aromatic nitrogens is 3. The van der Waals surface area contributed by atoms with Gasteiger partial charge in [0.25, 0.3) is 22.2 Å². The van der Waals surface area contributed by atoms with Crippen molar-refractivity contribution in [3.05, 3.63) is 65.4 Å². The fourth-order valence-electron chi connectivity index (χ4n) is 3.48. The Morgan fingerprint density at radius 3 is 1.88 bits per heavy atom. The van der Waals surface area contributed by atoms with Crippen LogP contribution in [0.5, 0.6) is 0 Å². The topological polar surface area (TPSA) is 116 Å². The highest BCUT2D eigenvalue weighted by atomic mass is 19.1. The fraction of sp³-hybridized carbons (Fsp3) is 0. The van der Waals surface area contributed by atoms with E-state index >= 15 is 0 Å². The van der Waals surface area contributed by atoms with Gasteiger partial charge in [-0.2, -0.15) is 0 Å². The Bertz CT molecular complexity index is 1540. The molecular weight excluding hydrogens is 317 g/mol. The largest absolute Gasteiger partial charge is 0.354 e. The molecule has 3 N–H and O–H groups in total. The third kappa shape index (κ3) is 1.31. The lowest BCUT2D eigenvalue weighted by Crippen LogP contribution is -2.08. The lowest BCUT2D eigenvalue weighted by Gasteiger charge is -1.96. The van der Waals surface area contributed by atoms with Crippen LogP contribution in [-0.4, -0.2) is 15.0 Å². The summed E-state index contributed by atoms with van der Waals surface area (Å²) in [5.74, 6) is -0.525. The van der Waals surface area contributed by atoms with E-state index in [0.29, 0.717) is 10.9 Å². The number of aromatic amines is 3. The predicted molar refractivity (Wildman–Crippen MR) is 86.9 cm³/mol. The molecule has 0 aliphatic carbocycles. The van der Waals surface area contributed by atoms with E-state index in [2.05, 4.69) is 15.0 Å². The van der Waals surface area contributed by atoms with Gasteiger partial charge in [0.15, 0.2) is 0 Å². The Hall–Kier alpha value is -3.55. The van der Waals surface area contributed by atoms with Crippen LogP contribution in [0.15, 0.2) is 37.4 Å². The summed E-state index contributed by atoms with van der Waals surface area (Å²) in [5.41, 5.74) is -2.10. The van der Waals surface area contributed by atoms with Crippen molar-refractivity contribution in [2.75, 3.05) is 0 Å². The SMILES string of the molecule is O=c1[nH]c(=O)c2c1c1[nH]c3ccc(F)cc3c1c1c(=O)[nH]c(=O)c21. The standard InChI is InChI=1S/C16H6FN3O4/c17-4-1-2-6-5(3-4)7-8-9(14(22)19-13(8)21)10-11(12(7)18-6)16(24)20-15(10)23/h1-3,18H,(H,19,21,22)(H,20,23,24). The molecule has 0 saturated heterocycles. The Labute approximate surface area is 129 Å². The Kier molecular flexibility index (Phi) is 2.08. The van der Waals surface area contributed by atoms with E-state index in [9.17, 15) is 23.6 Å². The summed E-state index contributed by atoms with van der Waals surface area (Å²) in [6.45, 7) is 0. The molecule has 116 valence electrons. The van der Waals surface area contributed by atoms with Crippen LogP contribution in [0.25, 0.3) is 43.4 Å². The highest BCUT2D eigenvalue weighted by molar-refractivity contribution is 6.30. The molecule has 0 aliphatic rings. The first-order valence-corrected chi connectivity index (χ1v) is 6.99. The zero-order valence-corrected chi connectivity index (χ0v) is 11.7. The number of halogens is 1. The molecule has 0 saturated carbocycles. The molecule has 0 atom stereocenters. The number of rotatable bonds is 0. The summed E-state index contributed by atoms with van der Waals surface area (Å²) in [6.07, 6.45) is 0. The summed E-state index contributed by atoms with van der Waals surface area (Å²) in [6, 6.07) is 3.91. The molecular formula is C16H6FN3O4. The number of fused-ring (bicyclic) bond motifs is 8. The summed E-state index contributed by atoms with van der Waals surface area (Å²) < 4.78 is 13.7. The monoisotopic (exact) mass is 323 g/mol. The van der Waals surface area contributed by atoms with E-state index in [4.69, 9.17) is 0 Å². The van der Waals surface area contributed by atoms with Crippen LogP contribution < -0.4 is 22.2 Å². The smallest absolute Gasteiger partial charge is 0.261 e. The first kappa shape index (κ1) is 12.9. The molecule has 5 aromatic rings. The van der Waals surface area contributed by atoms with Crippen molar-refractivity contribution in [2.45, 2.75) is 0 Å². The van der Waals surface area contributed by atoms with Gasteiger partial charge < -0.3 is 4.98 Å². The van der Waals surface area contributed by atoms with Crippen molar-refractivity contribution in [3.8, 4) is 0 Å². The lowest BCUT2D eigenvalue weighted by molar-refractivity contribution is 0.630. The molecule has 3 heterocycles. The molecule has 8 heteroatoms. The van der Waals surface area contributed by atoms with Crippen LogP contribution in [0.4, 0.5) is 4.39 Å². The first-order valence-electron chi connectivity index (χ1n) is 6.99. The molecule has 0 amide bonds. The summed E-state index contributed by atoms with van der Waals surface area (Å²) >= 11 is 0. The molecule has 0 bridgehead atoms. The Morgan fingerprint density at radius 2 is 1.21 bits per heavy atom. The van der Waals surface area contributed by atoms with Crippen molar-refractivity contribution in [1.82, 2.24) is 15.0 Å². The number of hydrogen-bond acceptors (Lipinski definition) is 4. The molecule has 5 rings (SSSR count). The summed E-state index contributed by atoms with van der Waals surface area (Å²) in [7, 11) is 0. The maximum Gasteiger partial charge on any atom is 0.261 e. The third-order valence-electron chi connectivity index (χ3n) is 4.37. The van der Waals surface area contributed by atoms with Crippen molar-refractivity contribution >= 4 is 43.4 Å². The third-order valence-corrected chi connectivity index (χ3v) is 4.37. The fourth-order valence-corrected chi connectivity index (χ4v) is 3.48. The zero-order chi connectivity index (χ0) is 16.7. The highest BCUT2D eigenvalue weighted by Crippen LogP contribution is 2.34. The molecule has 3 aromatic heterocycles. The minimum Gasteiger partial charge on any atom is -0.354 e.